The van der Waals surface area contributed by atoms with Gasteiger partial charge in [0.25, 0.3) is 0 Å². The molecular weight excluding hydrogens is 212 g/mol. The summed E-state index contributed by atoms with van der Waals surface area (Å²) in [7, 11) is 1.69. The average molecular weight is 229 g/mol. The fourth-order valence-electron chi connectivity index (χ4n) is 1.34. The summed E-state index contributed by atoms with van der Waals surface area (Å²) in [6.07, 6.45) is 0.895. The molecule has 0 aliphatic rings. The van der Waals surface area contributed by atoms with Gasteiger partial charge in [-0.15, -0.1) is 11.6 Å². The molecule has 1 rings (SSSR count). The van der Waals surface area contributed by atoms with Crippen LogP contribution >= 0.6 is 11.6 Å². The van der Waals surface area contributed by atoms with Gasteiger partial charge >= 0.3 is 0 Å². The summed E-state index contributed by atoms with van der Waals surface area (Å²) >= 11 is 5.84. The van der Waals surface area contributed by atoms with Crippen LogP contribution in [0.1, 0.15) is 17.5 Å². The molecule has 0 unspecified atom stereocenters. The third-order valence-corrected chi connectivity index (χ3v) is 2.40. The number of rotatable bonds is 6. The Bertz CT molecular complexity index is 300. The largest absolute Gasteiger partial charge is 0.493 e. The molecule has 0 aromatic heterocycles. The summed E-state index contributed by atoms with van der Waals surface area (Å²) in [6.45, 7) is 3.44. The zero-order valence-corrected chi connectivity index (χ0v) is 10.0. The van der Waals surface area contributed by atoms with Gasteiger partial charge in [-0.1, -0.05) is 17.7 Å². The van der Waals surface area contributed by atoms with Crippen molar-refractivity contribution < 1.29 is 9.47 Å². The fourth-order valence-corrected chi connectivity index (χ4v) is 1.55. The fraction of sp³-hybridized carbons (Fsp3) is 0.500. The molecule has 0 bridgehead atoms. The molecule has 0 spiro atoms. The second-order valence-electron chi connectivity index (χ2n) is 3.44. The van der Waals surface area contributed by atoms with Gasteiger partial charge < -0.3 is 9.47 Å². The van der Waals surface area contributed by atoms with Crippen LogP contribution in [0.4, 0.5) is 0 Å². The molecule has 0 aliphatic carbocycles. The Morgan fingerprint density at radius 3 is 2.73 bits per heavy atom. The second kappa shape index (κ2) is 6.70. The predicted octanol–water partition coefficient (Wildman–Crippen LogP) is 3.15. The van der Waals surface area contributed by atoms with E-state index in [1.165, 1.54) is 5.56 Å². The highest BCUT2D eigenvalue weighted by atomic mass is 35.5. The molecule has 15 heavy (non-hydrogen) atoms. The molecule has 2 nitrogen and oxygen atoms in total. The summed E-state index contributed by atoms with van der Waals surface area (Å²) in [6, 6.07) is 6.06. The van der Waals surface area contributed by atoms with Gasteiger partial charge in [0, 0.05) is 25.7 Å². The average Bonchev–Trinajstić information content (AvgIpc) is 2.26. The molecule has 0 amide bonds. The summed E-state index contributed by atoms with van der Waals surface area (Å²) in [5, 5.41) is 0. The molecule has 1 aromatic rings. The Labute approximate surface area is 96.2 Å². The van der Waals surface area contributed by atoms with Crippen molar-refractivity contribution in [2.45, 2.75) is 19.2 Å². The van der Waals surface area contributed by atoms with Crippen LogP contribution < -0.4 is 4.74 Å². The summed E-state index contributed by atoms with van der Waals surface area (Å²) in [5.41, 5.74) is 2.25. The topological polar surface area (TPSA) is 18.5 Å². The minimum absolute atomic E-state index is 0.487. The van der Waals surface area contributed by atoms with Gasteiger partial charge in [0.2, 0.25) is 0 Å². The number of ether oxygens (including phenoxy) is 2. The van der Waals surface area contributed by atoms with Crippen molar-refractivity contribution in [3.63, 3.8) is 0 Å². The van der Waals surface area contributed by atoms with Gasteiger partial charge in [0.05, 0.1) is 12.5 Å². The Balaban J connectivity index is 2.52. The maximum Gasteiger partial charge on any atom is 0.123 e. The smallest absolute Gasteiger partial charge is 0.123 e. The van der Waals surface area contributed by atoms with Gasteiger partial charge in [0.15, 0.2) is 0 Å². The third-order valence-electron chi connectivity index (χ3n) is 2.11. The first-order valence-electron chi connectivity index (χ1n) is 5.05. The van der Waals surface area contributed by atoms with Crippen LogP contribution in [0.2, 0.25) is 0 Å². The van der Waals surface area contributed by atoms with Crippen LogP contribution in [0.5, 0.6) is 5.75 Å². The van der Waals surface area contributed by atoms with Crippen molar-refractivity contribution in [1.82, 2.24) is 0 Å². The van der Waals surface area contributed by atoms with Gasteiger partial charge in [0.1, 0.15) is 5.75 Å². The van der Waals surface area contributed by atoms with E-state index in [1.807, 2.05) is 19.1 Å². The van der Waals surface area contributed by atoms with Crippen LogP contribution in [-0.2, 0) is 10.6 Å². The second-order valence-corrected chi connectivity index (χ2v) is 3.71. The SMILES string of the molecule is COCCCOc1ccc(C)cc1CCl. The highest BCUT2D eigenvalue weighted by Crippen LogP contribution is 2.21. The highest BCUT2D eigenvalue weighted by molar-refractivity contribution is 6.17. The van der Waals surface area contributed by atoms with Crippen LogP contribution in [0.15, 0.2) is 18.2 Å². The van der Waals surface area contributed by atoms with E-state index in [-0.39, 0.29) is 0 Å². The Kier molecular flexibility index (Phi) is 5.51. The quantitative estimate of drug-likeness (QED) is 0.550. The zero-order valence-electron chi connectivity index (χ0n) is 9.25. The molecule has 0 fully saturated rings. The first-order chi connectivity index (χ1) is 7.27. The van der Waals surface area contributed by atoms with Crippen molar-refractivity contribution in [3.8, 4) is 5.75 Å². The van der Waals surface area contributed by atoms with Gasteiger partial charge in [-0.25, -0.2) is 0 Å². The minimum Gasteiger partial charge on any atom is -0.493 e. The van der Waals surface area contributed by atoms with Gasteiger partial charge in [-0.3, -0.25) is 0 Å². The van der Waals surface area contributed by atoms with Crippen LogP contribution in [0.25, 0.3) is 0 Å². The number of methoxy groups -OCH3 is 1. The van der Waals surface area contributed by atoms with E-state index in [2.05, 4.69) is 6.07 Å². The monoisotopic (exact) mass is 228 g/mol. The first-order valence-corrected chi connectivity index (χ1v) is 5.58. The Morgan fingerprint density at radius 1 is 1.27 bits per heavy atom. The van der Waals surface area contributed by atoms with Crippen LogP contribution in [0.3, 0.4) is 0 Å². The standard InChI is InChI=1S/C12H17ClO2/c1-10-4-5-12(11(8-10)9-13)15-7-3-6-14-2/h4-5,8H,3,6-7,9H2,1-2H3. The lowest BCUT2D eigenvalue weighted by atomic mass is 10.1. The van der Waals surface area contributed by atoms with Crippen molar-refractivity contribution in [2.75, 3.05) is 20.3 Å². The predicted molar refractivity (Wildman–Crippen MR) is 62.7 cm³/mol. The van der Waals surface area contributed by atoms with E-state index in [0.717, 1.165) is 24.3 Å². The van der Waals surface area contributed by atoms with Crippen molar-refractivity contribution >= 4 is 11.6 Å². The van der Waals surface area contributed by atoms with E-state index in [9.17, 15) is 0 Å². The molecule has 1 aromatic carbocycles. The molecule has 0 heterocycles. The lowest BCUT2D eigenvalue weighted by Crippen LogP contribution is -2.03. The van der Waals surface area contributed by atoms with Crippen molar-refractivity contribution in [1.29, 1.82) is 0 Å². The number of hydrogen-bond acceptors (Lipinski definition) is 2. The number of hydrogen-bond donors (Lipinski definition) is 0. The molecule has 0 N–H and O–H groups in total. The van der Waals surface area contributed by atoms with Crippen LogP contribution in [-0.4, -0.2) is 20.3 Å². The molecular formula is C12H17ClO2. The van der Waals surface area contributed by atoms with E-state index >= 15 is 0 Å². The zero-order chi connectivity index (χ0) is 11.1. The van der Waals surface area contributed by atoms with Crippen LogP contribution in [0, 0.1) is 6.92 Å². The normalized spacial score (nSPS) is 10.3. The Hall–Kier alpha value is -0.730. The summed E-state index contributed by atoms with van der Waals surface area (Å²) in [4.78, 5) is 0. The minimum atomic E-state index is 0.487. The first kappa shape index (κ1) is 12.3. The Morgan fingerprint density at radius 2 is 2.07 bits per heavy atom. The molecule has 0 aliphatic heterocycles. The number of alkyl halides is 1. The lowest BCUT2D eigenvalue weighted by Gasteiger charge is -2.10. The van der Waals surface area contributed by atoms with E-state index in [0.29, 0.717) is 12.5 Å². The van der Waals surface area contributed by atoms with E-state index < -0.39 is 0 Å². The maximum atomic E-state index is 5.84. The maximum absolute atomic E-state index is 5.84. The summed E-state index contributed by atoms with van der Waals surface area (Å²) in [5.74, 6) is 1.37. The highest BCUT2D eigenvalue weighted by Gasteiger charge is 2.02. The molecule has 0 saturated carbocycles. The van der Waals surface area contributed by atoms with Gasteiger partial charge in [-0.05, 0) is 13.0 Å². The van der Waals surface area contributed by atoms with E-state index in [1.54, 1.807) is 7.11 Å². The molecule has 3 heteroatoms. The van der Waals surface area contributed by atoms with Crippen molar-refractivity contribution in [2.24, 2.45) is 0 Å². The number of benzene rings is 1. The summed E-state index contributed by atoms with van der Waals surface area (Å²) < 4.78 is 10.6. The van der Waals surface area contributed by atoms with E-state index in [4.69, 9.17) is 21.1 Å². The number of aryl methyl sites for hydroxylation is 1. The molecule has 0 atom stereocenters. The lowest BCUT2D eigenvalue weighted by molar-refractivity contribution is 0.172. The molecule has 0 saturated heterocycles. The van der Waals surface area contributed by atoms with Crippen molar-refractivity contribution in [3.05, 3.63) is 29.3 Å². The number of halogens is 1. The van der Waals surface area contributed by atoms with Gasteiger partial charge in [-0.2, -0.15) is 0 Å². The molecule has 84 valence electrons. The molecule has 0 radical (unpaired) electrons. The third kappa shape index (κ3) is 4.10.